The summed E-state index contributed by atoms with van der Waals surface area (Å²) in [5.41, 5.74) is -1.28. The lowest BCUT2D eigenvalue weighted by molar-refractivity contribution is -0.155. The minimum atomic E-state index is -1.11. The predicted octanol–water partition coefficient (Wildman–Crippen LogP) is 1.83. The number of piperazine rings is 1. The van der Waals surface area contributed by atoms with Gasteiger partial charge in [0, 0.05) is 38.7 Å². The summed E-state index contributed by atoms with van der Waals surface area (Å²) in [5.74, 6) is -2.29. The van der Waals surface area contributed by atoms with Crippen molar-refractivity contribution >= 4 is 23.9 Å². The average molecular weight is 548 g/mol. The lowest BCUT2D eigenvalue weighted by Crippen LogP contribution is -2.56. The number of aromatic amines is 1. The van der Waals surface area contributed by atoms with Gasteiger partial charge >= 0.3 is 12.1 Å². The van der Waals surface area contributed by atoms with Gasteiger partial charge in [-0.2, -0.15) is 0 Å². The molecular weight excluding hydrogens is 513 g/mol. The number of hydrogen-bond donors (Lipinski definition) is 2. The molecule has 0 saturated carbocycles. The molecule has 1 saturated heterocycles. The third-order valence-electron chi connectivity index (χ3n) is 5.81. The molecule has 3 amide bonds. The number of carbonyl (C=O) groups is 4. The number of nitrogens with zero attached hydrogens (tertiary/aromatic N) is 3. The molecule has 1 aliphatic rings. The predicted molar refractivity (Wildman–Crippen MR) is 138 cm³/mol. The minimum Gasteiger partial charge on any atom is -0.460 e. The van der Waals surface area contributed by atoms with Crippen LogP contribution < -0.4 is 10.9 Å². The number of benzene rings is 1. The van der Waals surface area contributed by atoms with E-state index in [9.17, 15) is 28.4 Å². The van der Waals surface area contributed by atoms with E-state index in [0.717, 1.165) is 16.8 Å². The molecule has 0 aliphatic carbocycles. The van der Waals surface area contributed by atoms with Crippen molar-refractivity contribution in [1.29, 1.82) is 0 Å². The maximum absolute atomic E-state index is 13.6. The third-order valence-corrected chi connectivity index (χ3v) is 5.81. The quantitative estimate of drug-likeness (QED) is 0.480. The highest BCUT2D eigenvalue weighted by Gasteiger charge is 2.32. The van der Waals surface area contributed by atoms with Gasteiger partial charge in [0.1, 0.15) is 23.2 Å². The van der Waals surface area contributed by atoms with E-state index in [1.807, 2.05) is 0 Å². The first-order valence-electron chi connectivity index (χ1n) is 12.7. The Morgan fingerprint density at radius 3 is 2.36 bits per heavy atom. The van der Waals surface area contributed by atoms with Gasteiger partial charge in [0.25, 0.3) is 11.5 Å². The van der Waals surface area contributed by atoms with Gasteiger partial charge in [0.05, 0.1) is 12.3 Å². The van der Waals surface area contributed by atoms with Gasteiger partial charge in [-0.05, 0) is 52.3 Å². The highest BCUT2D eigenvalue weighted by molar-refractivity contribution is 5.96. The topological polar surface area (TPSA) is 143 Å². The van der Waals surface area contributed by atoms with E-state index in [0.29, 0.717) is 0 Å². The molecule has 2 N–H and O–H groups in total. The van der Waals surface area contributed by atoms with E-state index in [1.54, 1.807) is 27.7 Å². The van der Waals surface area contributed by atoms with Gasteiger partial charge in [0.2, 0.25) is 5.91 Å². The van der Waals surface area contributed by atoms with Crippen molar-refractivity contribution in [1.82, 2.24) is 24.9 Å². The normalized spacial score (nSPS) is 14.5. The first-order valence-corrected chi connectivity index (χ1v) is 12.7. The van der Waals surface area contributed by atoms with Crippen LogP contribution in [0.2, 0.25) is 0 Å². The van der Waals surface area contributed by atoms with Crippen LogP contribution >= 0.6 is 0 Å². The first-order chi connectivity index (χ1) is 18.4. The average Bonchev–Trinajstić information content (AvgIpc) is 3.27. The molecule has 1 aliphatic heterocycles. The number of aromatic nitrogens is 2. The Hall–Kier alpha value is -4.16. The molecule has 1 atom stereocenters. The monoisotopic (exact) mass is 547 g/mol. The summed E-state index contributed by atoms with van der Waals surface area (Å²) in [4.78, 5) is 66.2. The molecule has 13 heteroatoms. The summed E-state index contributed by atoms with van der Waals surface area (Å²) in [7, 11) is 0. The van der Waals surface area contributed by atoms with Crippen LogP contribution in [0.1, 0.15) is 51.0 Å². The van der Waals surface area contributed by atoms with E-state index < -0.39 is 46.9 Å². The summed E-state index contributed by atoms with van der Waals surface area (Å²) in [6.45, 7) is 8.03. The smallest absolute Gasteiger partial charge is 0.409 e. The molecule has 1 unspecified atom stereocenters. The van der Waals surface area contributed by atoms with Gasteiger partial charge in [-0.25, -0.2) is 13.9 Å². The van der Waals surface area contributed by atoms with Crippen LogP contribution in [0.15, 0.2) is 35.1 Å². The molecule has 3 rings (SSSR count). The van der Waals surface area contributed by atoms with E-state index in [1.165, 1.54) is 28.0 Å². The molecule has 0 radical (unpaired) electrons. The maximum Gasteiger partial charge on any atom is 0.409 e. The highest BCUT2D eigenvalue weighted by atomic mass is 19.1. The lowest BCUT2D eigenvalue weighted by Gasteiger charge is -2.36. The molecule has 2 heterocycles. The van der Waals surface area contributed by atoms with Crippen LogP contribution in [0.3, 0.4) is 0 Å². The lowest BCUT2D eigenvalue weighted by atomic mass is 10.1. The number of ether oxygens (including phenoxy) is 2. The Labute approximate surface area is 225 Å². The number of nitrogens with one attached hydrogen (secondary N) is 2. The zero-order valence-electron chi connectivity index (χ0n) is 22.5. The Morgan fingerprint density at radius 2 is 1.74 bits per heavy atom. The van der Waals surface area contributed by atoms with Crippen LogP contribution in [-0.2, 0) is 19.1 Å². The fraction of sp³-hybridized carbons (Fsp3) is 0.500. The molecule has 1 aromatic carbocycles. The van der Waals surface area contributed by atoms with Crippen LogP contribution in [0.5, 0.6) is 0 Å². The van der Waals surface area contributed by atoms with Crippen molar-refractivity contribution in [3.8, 4) is 5.69 Å². The number of hydrogen-bond acceptors (Lipinski definition) is 7. The molecule has 0 bridgehead atoms. The largest absolute Gasteiger partial charge is 0.460 e. The molecular formula is C26H34FN5O7. The molecule has 12 nitrogen and oxygen atoms in total. The zero-order chi connectivity index (χ0) is 28.7. The SMILES string of the molecule is CCOC(=O)N1CCN(C(=O)C(CCC(=O)OC(C)(C)C)NC(=O)c2cc(=O)n(-c3cccc(F)c3)[nH]2)CC1. The van der Waals surface area contributed by atoms with Crippen LogP contribution in [0, 0.1) is 5.82 Å². The van der Waals surface area contributed by atoms with Gasteiger partial charge in [-0.3, -0.25) is 24.3 Å². The molecule has 2 aromatic rings. The zero-order valence-corrected chi connectivity index (χ0v) is 22.5. The van der Waals surface area contributed by atoms with Crippen molar-refractivity contribution in [2.24, 2.45) is 0 Å². The fourth-order valence-corrected chi connectivity index (χ4v) is 4.01. The van der Waals surface area contributed by atoms with Crippen LogP contribution in [0.25, 0.3) is 5.69 Å². The van der Waals surface area contributed by atoms with Crippen molar-refractivity contribution < 1.29 is 33.0 Å². The van der Waals surface area contributed by atoms with E-state index in [2.05, 4.69) is 10.4 Å². The summed E-state index contributed by atoms with van der Waals surface area (Å²) >= 11 is 0. The van der Waals surface area contributed by atoms with Crippen LogP contribution in [0.4, 0.5) is 9.18 Å². The standard InChI is InChI=1S/C26H34FN5O7/c1-5-38-25(37)31-13-11-30(12-14-31)24(36)19(9-10-22(34)39-26(2,3)4)28-23(35)20-16-21(33)32(29-20)18-8-6-7-17(27)15-18/h6-8,15-16,19,29H,5,9-14H2,1-4H3,(H,28,35). The summed E-state index contributed by atoms with van der Waals surface area (Å²) < 4.78 is 25.0. The third kappa shape index (κ3) is 8.16. The van der Waals surface area contributed by atoms with Crippen molar-refractivity contribution in [3.63, 3.8) is 0 Å². The second kappa shape index (κ2) is 12.6. The Kier molecular flexibility index (Phi) is 9.49. The van der Waals surface area contributed by atoms with Gasteiger partial charge < -0.3 is 24.6 Å². The number of carbonyl (C=O) groups excluding carboxylic acids is 4. The summed E-state index contributed by atoms with van der Waals surface area (Å²) in [6, 6.07) is 5.19. The maximum atomic E-state index is 13.6. The fourth-order valence-electron chi connectivity index (χ4n) is 4.01. The number of rotatable bonds is 8. The second-order valence-electron chi connectivity index (χ2n) is 9.99. The van der Waals surface area contributed by atoms with E-state index >= 15 is 0 Å². The summed E-state index contributed by atoms with van der Waals surface area (Å²) in [6.07, 6.45) is -0.657. The van der Waals surface area contributed by atoms with Gasteiger partial charge in [-0.15, -0.1) is 0 Å². The number of H-pyrrole nitrogens is 1. The minimum absolute atomic E-state index is 0.0492. The molecule has 0 spiro atoms. The first kappa shape index (κ1) is 29.4. The molecule has 212 valence electrons. The molecule has 39 heavy (non-hydrogen) atoms. The Morgan fingerprint density at radius 1 is 1.08 bits per heavy atom. The Bertz CT molecular complexity index is 1260. The molecule has 1 fully saturated rings. The molecule has 1 aromatic heterocycles. The summed E-state index contributed by atoms with van der Waals surface area (Å²) in [5, 5.41) is 5.23. The van der Waals surface area contributed by atoms with E-state index in [-0.39, 0.29) is 57.0 Å². The Balaban J connectivity index is 1.74. The van der Waals surface area contributed by atoms with Gasteiger partial charge in [0.15, 0.2) is 0 Å². The van der Waals surface area contributed by atoms with Crippen molar-refractivity contribution in [2.75, 3.05) is 32.8 Å². The highest BCUT2D eigenvalue weighted by Crippen LogP contribution is 2.14. The number of amides is 3. The van der Waals surface area contributed by atoms with Gasteiger partial charge in [-0.1, -0.05) is 6.07 Å². The van der Waals surface area contributed by atoms with Crippen molar-refractivity contribution in [2.45, 2.75) is 52.2 Å². The van der Waals surface area contributed by atoms with E-state index in [4.69, 9.17) is 9.47 Å². The van der Waals surface area contributed by atoms with Crippen molar-refractivity contribution in [3.05, 3.63) is 52.2 Å². The second-order valence-corrected chi connectivity index (χ2v) is 9.99. The van der Waals surface area contributed by atoms with Crippen LogP contribution in [-0.4, -0.2) is 87.9 Å². The number of halogens is 1. The number of esters is 1.